The number of methoxy groups -OCH3 is 1. The quantitative estimate of drug-likeness (QED) is 0.733. The van der Waals surface area contributed by atoms with Gasteiger partial charge in [0.1, 0.15) is 0 Å². The number of rotatable bonds is 6. The maximum atomic E-state index is 11.4. The minimum absolute atomic E-state index is 0.0219. The molecule has 0 saturated carbocycles. The van der Waals surface area contributed by atoms with Crippen LogP contribution in [0, 0.1) is 0 Å². The maximum absolute atomic E-state index is 11.4. The second-order valence-electron chi connectivity index (χ2n) is 4.13. The molecule has 0 aliphatic heterocycles. The third kappa shape index (κ3) is 4.60. The molecule has 0 saturated heterocycles. The van der Waals surface area contributed by atoms with Gasteiger partial charge in [0.15, 0.2) is 5.13 Å². The molecular weight excluding hydrogens is 266 g/mol. The first kappa shape index (κ1) is 15.6. The van der Waals surface area contributed by atoms with Gasteiger partial charge < -0.3 is 4.74 Å². The number of likely N-dealkylation sites (N-methyl/N-ethyl adjacent to an activating group) is 1. The lowest BCUT2D eigenvalue weighted by molar-refractivity contribution is -0.141. The van der Waals surface area contributed by atoms with Crippen LogP contribution in [0.4, 0.5) is 5.13 Å². The molecule has 0 aliphatic carbocycles. The van der Waals surface area contributed by atoms with Crippen LogP contribution in [-0.2, 0) is 20.9 Å². The number of amides is 1. The maximum Gasteiger partial charge on any atom is 0.319 e. The molecule has 0 aromatic carbocycles. The molecule has 0 unspecified atom stereocenters. The third-order valence-electron chi connectivity index (χ3n) is 2.53. The summed E-state index contributed by atoms with van der Waals surface area (Å²) in [6, 6.07) is 0. The van der Waals surface area contributed by atoms with E-state index in [1.807, 2.05) is 24.3 Å². The molecule has 1 rings (SSSR count). The summed E-state index contributed by atoms with van der Waals surface area (Å²) >= 11 is 1.43. The Hall–Kier alpha value is -1.47. The minimum Gasteiger partial charge on any atom is -0.468 e. The molecule has 0 N–H and O–H groups in total. The Morgan fingerprint density at radius 2 is 2.16 bits per heavy atom. The summed E-state index contributed by atoms with van der Waals surface area (Å²) in [4.78, 5) is 30.4. The summed E-state index contributed by atoms with van der Waals surface area (Å²) in [5, 5.41) is 2.59. The zero-order valence-electron chi connectivity index (χ0n) is 11.7. The first-order valence-corrected chi connectivity index (χ1v) is 6.83. The van der Waals surface area contributed by atoms with Gasteiger partial charge in [-0.1, -0.05) is 0 Å². The largest absolute Gasteiger partial charge is 0.468 e. The zero-order valence-corrected chi connectivity index (χ0v) is 12.5. The number of nitrogens with zero attached hydrogens (tertiary/aromatic N) is 3. The Kier molecular flexibility index (Phi) is 5.91. The van der Waals surface area contributed by atoms with Gasteiger partial charge in [-0.05, 0) is 14.0 Å². The van der Waals surface area contributed by atoms with Gasteiger partial charge in [0.05, 0.1) is 19.3 Å². The fourth-order valence-corrected chi connectivity index (χ4v) is 2.53. The topological polar surface area (TPSA) is 62.7 Å². The van der Waals surface area contributed by atoms with Crippen LogP contribution in [-0.4, -0.2) is 49.0 Å². The Morgan fingerprint density at radius 1 is 1.47 bits per heavy atom. The number of esters is 1. The van der Waals surface area contributed by atoms with E-state index in [2.05, 4.69) is 9.72 Å². The Balaban J connectivity index is 2.64. The van der Waals surface area contributed by atoms with E-state index in [1.54, 1.807) is 4.90 Å². The van der Waals surface area contributed by atoms with Crippen LogP contribution in [0.1, 0.15) is 19.5 Å². The molecule has 19 heavy (non-hydrogen) atoms. The summed E-state index contributed by atoms with van der Waals surface area (Å²) in [5.74, 6) is -0.303. The molecule has 1 aromatic rings. The van der Waals surface area contributed by atoms with E-state index in [-0.39, 0.29) is 18.4 Å². The van der Waals surface area contributed by atoms with Crippen molar-refractivity contribution in [3.05, 3.63) is 11.1 Å². The highest BCUT2D eigenvalue weighted by Gasteiger charge is 2.14. The van der Waals surface area contributed by atoms with Crippen molar-refractivity contribution in [2.24, 2.45) is 0 Å². The molecule has 6 nitrogen and oxygen atoms in total. The SMILES string of the molecule is CCN(C(C)=O)c1nc(CN(C)CC(=O)OC)cs1. The van der Waals surface area contributed by atoms with E-state index in [0.29, 0.717) is 18.2 Å². The van der Waals surface area contributed by atoms with Crippen molar-refractivity contribution in [2.45, 2.75) is 20.4 Å². The number of hydrogen-bond donors (Lipinski definition) is 0. The van der Waals surface area contributed by atoms with Crippen LogP contribution in [0.3, 0.4) is 0 Å². The van der Waals surface area contributed by atoms with Crippen LogP contribution in [0.25, 0.3) is 0 Å². The van der Waals surface area contributed by atoms with Crippen molar-refractivity contribution in [3.63, 3.8) is 0 Å². The summed E-state index contributed by atoms with van der Waals surface area (Å²) in [7, 11) is 3.18. The average molecular weight is 285 g/mol. The lowest BCUT2D eigenvalue weighted by Crippen LogP contribution is -2.28. The molecule has 1 heterocycles. The number of thiazole rings is 1. The van der Waals surface area contributed by atoms with Crippen LogP contribution < -0.4 is 4.90 Å². The van der Waals surface area contributed by atoms with Crippen LogP contribution in [0.15, 0.2) is 5.38 Å². The molecule has 106 valence electrons. The number of anilines is 1. The smallest absolute Gasteiger partial charge is 0.319 e. The predicted octanol–water partition coefficient (Wildman–Crippen LogP) is 1.12. The first-order valence-electron chi connectivity index (χ1n) is 5.95. The van der Waals surface area contributed by atoms with Gasteiger partial charge in [0.2, 0.25) is 5.91 Å². The molecule has 0 radical (unpaired) electrons. The highest BCUT2D eigenvalue weighted by atomic mass is 32.1. The van der Waals surface area contributed by atoms with Crippen LogP contribution >= 0.6 is 11.3 Å². The Labute approximate surface area is 117 Å². The molecule has 1 amide bonds. The molecular formula is C12H19N3O3S. The number of carbonyl (C=O) groups is 2. The average Bonchev–Trinajstić information content (AvgIpc) is 2.77. The van der Waals surface area contributed by atoms with E-state index in [0.717, 1.165) is 5.69 Å². The minimum atomic E-state index is -0.281. The van der Waals surface area contributed by atoms with Crippen molar-refractivity contribution in [1.29, 1.82) is 0 Å². The molecule has 0 aliphatic rings. The number of carbonyl (C=O) groups excluding carboxylic acids is 2. The number of aromatic nitrogens is 1. The van der Waals surface area contributed by atoms with Crippen LogP contribution in [0.2, 0.25) is 0 Å². The van der Waals surface area contributed by atoms with Gasteiger partial charge in [-0.3, -0.25) is 19.4 Å². The summed E-state index contributed by atoms with van der Waals surface area (Å²) in [6.07, 6.45) is 0. The zero-order chi connectivity index (χ0) is 14.4. The normalized spacial score (nSPS) is 10.6. The van der Waals surface area contributed by atoms with Crippen molar-refractivity contribution in [3.8, 4) is 0 Å². The molecule has 1 aromatic heterocycles. The molecule has 0 spiro atoms. The summed E-state index contributed by atoms with van der Waals surface area (Å²) < 4.78 is 4.60. The van der Waals surface area contributed by atoms with Crippen molar-refractivity contribution in [1.82, 2.24) is 9.88 Å². The van der Waals surface area contributed by atoms with Gasteiger partial charge in [0.25, 0.3) is 0 Å². The van der Waals surface area contributed by atoms with E-state index >= 15 is 0 Å². The lowest BCUT2D eigenvalue weighted by Gasteiger charge is -2.15. The van der Waals surface area contributed by atoms with Crippen molar-refractivity contribution in [2.75, 3.05) is 32.1 Å². The van der Waals surface area contributed by atoms with E-state index < -0.39 is 0 Å². The monoisotopic (exact) mass is 285 g/mol. The summed E-state index contributed by atoms with van der Waals surface area (Å²) in [5.41, 5.74) is 0.839. The summed E-state index contributed by atoms with van der Waals surface area (Å²) in [6.45, 7) is 4.79. The standard InChI is InChI=1S/C12H19N3O3S/c1-5-15(9(2)16)12-13-10(8-19-12)6-14(3)7-11(17)18-4/h8H,5-7H2,1-4H3. The van der Waals surface area contributed by atoms with Crippen molar-refractivity contribution >= 4 is 28.3 Å². The molecule has 0 atom stereocenters. The number of ether oxygens (including phenoxy) is 1. The highest BCUT2D eigenvalue weighted by molar-refractivity contribution is 7.14. The van der Waals surface area contributed by atoms with Gasteiger partial charge in [-0.15, -0.1) is 11.3 Å². The fourth-order valence-electron chi connectivity index (χ4n) is 1.60. The van der Waals surface area contributed by atoms with E-state index in [9.17, 15) is 9.59 Å². The highest BCUT2D eigenvalue weighted by Crippen LogP contribution is 2.21. The van der Waals surface area contributed by atoms with E-state index in [4.69, 9.17) is 0 Å². The van der Waals surface area contributed by atoms with Gasteiger partial charge in [0, 0.05) is 25.4 Å². The third-order valence-corrected chi connectivity index (χ3v) is 3.44. The van der Waals surface area contributed by atoms with Crippen LogP contribution in [0.5, 0.6) is 0 Å². The predicted molar refractivity (Wildman–Crippen MR) is 74.2 cm³/mol. The second kappa shape index (κ2) is 7.20. The Bertz CT molecular complexity index is 447. The fraction of sp³-hybridized carbons (Fsp3) is 0.583. The van der Waals surface area contributed by atoms with E-state index in [1.165, 1.54) is 25.4 Å². The van der Waals surface area contributed by atoms with Gasteiger partial charge in [-0.25, -0.2) is 4.98 Å². The molecule has 7 heteroatoms. The first-order chi connectivity index (χ1) is 8.97. The second-order valence-corrected chi connectivity index (χ2v) is 4.97. The molecule has 0 fully saturated rings. The van der Waals surface area contributed by atoms with Gasteiger partial charge in [-0.2, -0.15) is 0 Å². The molecule has 0 bridgehead atoms. The van der Waals surface area contributed by atoms with Gasteiger partial charge >= 0.3 is 5.97 Å². The Morgan fingerprint density at radius 3 is 2.68 bits per heavy atom. The van der Waals surface area contributed by atoms with Crippen molar-refractivity contribution < 1.29 is 14.3 Å². The number of hydrogen-bond acceptors (Lipinski definition) is 6. The lowest BCUT2D eigenvalue weighted by atomic mass is 10.4.